The van der Waals surface area contributed by atoms with E-state index in [9.17, 15) is 13.6 Å². The van der Waals surface area contributed by atoms with E-state index in [2.05, 4.69) is 12.2 Å². The zero-order valence-corrected chi connectivity index (χ0v) is 11.4. The van der Waals surface area contributed by atoms with E-state index in [0.29, 0.717) is 24.0 Å². The number of nitrogens with one attached hydrogen (secondary N) is 1. The van der Waals surface area contributed by atoms with Crippen LogP contribution in [0.15, 0.2) is 16.5 Å². The maximum absolute atomic E-state index is 12.7. The number of hydrogen-bond acceptors (Lipinski definition) is 3. The first-order valence-corrected chi connectivity index (χ1v) is 6.75. The van der Waals surface area contributed by atoms with Crippen LogP contribution < -0.4 is 5.32 Å². The number of aliphatic hydroxyl groups is 1. The lowest BCUT2D eigenvalue weighted by molar-refractivity contribution is -0.124. The molecular formula is C14H19F2NO3. The lowest BCUT2D eigenvalue weighted by atomic mass is 10.2. The second-order valence-corrected chi connectivity index (χ2v) is 5.41. The molecule has 4 nitrogen and oxygen atoms in total. The highest BCUT2D eigenvalue weighted by Gasteiger charge is 2.36. The predicted octanol–water partition coefficient (Wildman–Crippen LogP) is 2.08. The van der Waals surface area contributed by atoms with Gasteiger partial charge in [-0.3, -0.25) is 4.79 Å². The van der Waals surface area contributed by atoms with Crippen LogP contribution >= 0.6 is 0 Å². The molecule has 2 atom stereocenters. The van der Waals surface area contributed by atoms with Crippen molar-refractivity contribution in [2.45, 2.75) is 38.0 Å². The second kappa shape index (κ2) is 5.91. The van der Waals surface area contributed by atoms with Crippen LogP contribution in [0.25, 0.3) is 0 Å². The molecule has 2 unspecified atom stereocenters. The summed E-state index contributed by atoms with van der Waals surface area (Å²) in [7, 11) is 0. The SMILES string of the molecule is CC1CC1c1ccc(CCC(=O)NCC(F)(F)CO)o1. The molecule has 0 aromatic carbocycles. The third-order valence-electron chi connectivity index (χ3n) is 3.53. The maximum atomic E-state index is 12.7. The maximum Gasteiger partial charge on any atom is 0.287 e. The van der Waals surface area contributed by atoms with E-state index < -0.39 is 25.0 Å². The summed E-state index contributed by atoms with van der Waals surface area (Å²) in [6, 6.07) is 3.75. The molecule has 1 aliphatic carbocycles. The molecule has 2 N–H and O–H groups in total. The van der Waals surface area contributed by atoms with Crippen LogP contribution in [-0.2, 0) is 11.2 Å². The lowest BCUT2D eigenvalue weighted by Crippen LogP contribution is -2.39. The second-order valence-electron chi connectivity index (χ2n) is 5.41. The number of aryl methyl sites for hydroxylation is 1. The zero-order chi connectivity index (χ0) is 14.8. The summed E-state index contributed by atoms with van der Waals surface area (Å²) in [6.07, 6.45) is 1.61. The Morgan fingerprint density at radius 3 is 2.85 bits per heavy atom. The molecule has 0 bridgehead atoms. The van der Waals surface area contributed by atoms with Crippen molar-refractivity contribution in [2.24, 2.45) is 5.92 Å². The molecule has 1 amide bonds. The van der Waals surface area contributed by atoms with Crippen LogP contribution in [-0.4, -0.2) is 30.1 Å². The fourth-order valence-corrected chi connectivity index (χ4v) is 2.06. The van der Waals surface area contributed by atoms with E-state index in [1.807, 2.05) is 12.1 Å². The average molecular weight is 287 g/mol. The van der Waals surface area contributed by atoms with Crippen molar-refractivity contribution < 1.29 is 23.1 Å². The Balaban J connectivity index is 1.72. The largest absolute Gasteiger partial charge is 0.466 e. The van der Waals surface area contributed by atoms with Gasteiger partial charge in [-0.05, 0) is 24.5 Å². The third-order valence-corrected chi connectivity index (χ3v) is 3.53. The molecule has 2 rings (SSSR count). The lowest BCUT2D eigenvalue weighted by Gasteiger charge is -2.13. The van der Waals surface area contributed by atoms with Gasteiger partial charge in [0.1, 0.15) is 18.1 Å². The summed E-state index contributed by atoms with van der Waals surface area (Å²) in [5.41, 5.74) is 0. The summed E-state index contributed by atoms with van der Waals surface area (Å²) in [4.78, 5) is 11.4. The Kier molecular flexibility index (Phi) is 4.42. The highest BCUT2D eigenvalue weighted by Crippen LogP contribution is 2.47. The standard InChI is InChI=1S/C14H19F2NO3/c1-9-6-11(9)12-4-2-10(20-12)3-5-13(19)17-7-14(15,16)8-18/h2,4,9,11,18H,3,5-8H2,1H3,(H,17,19). The van der Waals surface area contributed by atoms with Gasteiger partial charge in [0.25, 0.3) is 5.92 Å². The van der Waals surface area contributed by atoms with Crippen LogP contribution in [0.2, 0.25) is 0 Å². The number of furan rings is 1. The van der Waals surface area contributed by atoms with E-state index in [4.69, 9.17) is 9.52 Å². The Morgan fingerprint density at radius 1 is 1.55 bits per heavy atom. The van der Waals surface area contributed by atoms with Gasteiger partial charge in [0.15, 0.2) is 0 Å². The molecule has 0 radical (unpaired) electrons. The number of hydrogen-bond donors (Lipinski definition) is 2. The van der Waals surface area contributed by atoms with Gasteiger partial charge in [0.05, 0.1) is 6.54 Å². The predicted molar refractivity (Wildman–Crippen MR) is 68.6 cm³/mol. The molecular weight excluding hydrogens is 268 g/mol. The van der Waals surface area contributed by atoms with E-state index >= 15 is 0 Å². The molecule has 112 valence electrons. The number of rotatable bonds is 7. The van der Waals surface area contributed by atoms with Gasteiger partial charge in [-0.1, -0.05) is 6.92 Å². The summed E-state index contributed by atoms with van der Waals surface area (Å²) < 4.78 is 31.1. The van der Waals surface area contributed by atoms with Crippen LogP contribution in [0.5, 0.6) is 0 Å². The van der Waals surface area contributed by atoms with Gasteiger partial charge in [-0.25, -0.2) is 8.78 Å². The van der Waals surface area contributed by atoms with Gasteiger partial charge in [-0.15, -0.1) is 0 Å². The van der Waals surface area contributed by atoms with Crippen LogP contribution in [0, 0.1) is 5.92 Å². The number of carbonyl (C=O) groups is 1. The van der Waals surface area contributed by atoms with Gasteiger partial charge in [0.2, 0.25) is 5.91 Å². The number of carbonyl (C=O) groups excluding carboxylic acids is 1. The van der Waals surface area contributed by atoms with Crippen molar-refractivity contribution in [2.75, 3.05) is 13.2 Å². The van der Waals surface area contributed by atoms with E-state index in [1.54, 1.807) is 0 Å². The van der Waals surface area contributed by atoms with Gasteiger partial charge >= 0.3 is 0 Å². The Bertz CT molecular complexity index is 473. The number of halogens is 2. The molecule has 1 aliphatic rings. The molecule has 1 aromatic rings. The molecule has 0 spiro atoms. The Hall–Kier alpha value is -1.43. The molecule has 0 aliphatic heterocycles. The van der Waals surface area contributed by atoms with E-state index in [-0.39, 0.29) is 6.42 Å². The van der Waals surface area contributed by atoms with Crippen molar-refractivity contribution in [1.82, 2.24) is 5.32 Å². The van der Waals surface area contributed by atoms with Crippen molar-refractivity contribution in [3.8, 4) is 0 Å². The fourth-order valence-electron chi connectivity index (χ4n) is 2.06. The molecule has 1 fully saturated rings. The zero-order valence-electron chi connectivity index (χ0n) is 11.4. The van der Waals surface area contributed by atoms with Gasteiger partial charge < -0.3 is 14.8 Å². The minimum Gasteiger partial charge on any atom is -0.466 e. The van der Waals surface area contributed by atoms with Crippen molar-refractivity contribution in [3.63, 3.8) is 0 Å². The highest BCUT2D eigenvalue weighted by molar-refractivity contribution is 5.76. The number of aliphatic hydroxyl groups excluding tert-OH is 1. The number of alkyl halides is 2. The van der Waals surface area contributed by atoms with Crippen LogP contribution in [0.1, 0.15) is 37.2 Å². The smallest absolute Gasteiger partial charge is 0.287 e. The first kappa shape index (κ1) is 15.0. The van der Waals surface area contributed by atoms with Crippen molar-refractivity contribution in [3.05, 3.63) is 23.7 Å². The first-order valence-electron chi connectivity index (χ1n) is 6.75. The molecule has 1 heterocycles. The first-order chi connectivity index (χ1) is 9.41. The Morgan fingerprint density at radius 2 is 2.25 bits per heavy atom. The van der Waals surface area contributed by atoms with E-state index in [0.717, 1.165) is 12.2 Å². The molecule has 0 saturated heterocycles. The summed E-state index contributed by atoms with van der Waals surface area (Å²) in [6.45, 7) is 0.0430. The molecule has 1 aromatic heterocycles. The number of amides is 1. The Labute approximate surface area is 116 Å². The average Bonchev–Trinajstić information content (AvgIpc) is 2.97. The van der Waals surface area contributed by atoms with Crippen molar-refractivity contribution in [1.29, 1.82) is 0 Å². The minimum atomic E-state index is -3.27. The van der Waals surface area contributed by atoms with Crippen molar-refractivity contribution >= 4 is 5.91 Å². The van der Waals surface area contributed by atoms with Crippen LogP contribution in [0.4, 0.5) is 8.78 Å². The summed E-state index contributed by atoms with van der Waals surface area (Å²) in [5, 5.41) is 10.5. The molecule has 1 saturated carbocycles. The highest BCUT2D eigenvalue weighted by atomic mass is 19.3. The van der Waals surface area contributed by atoms with Gasteiger partial charge in [-0.2, -0.15) is 0 Å². The fraction of sp³-hybridized carbons (Fsp3) is 0.643. The third kappa shape index (κ3) is 4.03. The summed E-state index contributed by atoms with van der Waals surface area (Å²) in [5.74, 6) is -0.965. The monoisotopic (exact) mass is 287 g/mol. The van der Waals surface area contributed by atoms with Gasteiger partial charge in [0, 0.05) is 18.8 Å². The normalized spacial score (nSPS) is 21.8. The molecule has 20 heavy (non-hydrogen) atoms. The quantitative estimate of drug-likeness (QED) is 0.807. The van der Waals surface area contributed by atoms with Crippen LogP contribution in [0.3, 0.4) is 0 Å². The summed E-state index contributed by atoms with van der Waals surface area (Å²) >= 11 is 0. The minimum absolute atomic E-state index is 0.0919. The molecule has 6 heteroatoms. The van der Waals surface area contributed by atoms with E-state index in [1.165, 1.54) is 0 Å². The topological polar surface area (TPSA) is 62.5 Å².